The molecule has 0 amide bonds. The van der Waals surface area contributed by atoms with E-state index >= 15 is 0 Å². The van der Waals surface area contributed by atoms with Gasteiger partial charge in [-0.2, -0.15) is 0 Å². The van der Waals surface area contributed by atoms with Crippen LogP contribution >= 0.6 is 0 Å². The zero-order valence-corrected chi connectivity index (χ0v) is 17.5. The monoisotopic (exact) mass is 401 g/mol. The molecule has 0 aliphatic heterocycles. The van der Waals surface area contributed by atoms with E-state index in [1.807, 2.05) is 30.5 Å². The SMILES string of the molecule is Cc1ccccc1N=Cc1c(OCc2cccc3ccccc23)ccc2ccccc12. The summed E-state index contributed by atoms with van der Waals surface area (Å²) >= 11 is 0. The van der Waals surface area contributed by atoms with Crippen molar-refractivity contribution >= 4 is 33.4 Å². The molecule has 0 heterocycles. The molecule has 0 unspecified atom stereocenters. The minimum Gasteiger partial charge on any atom is -0.488 e. The summed E-state index contributed by atoms with van der Waals surface area (Å²) < 4.78 is 6.37. The molecule has 5 rings (SSSR count). The lowest BCUT2D eigenvalue weighted by Gasteiger charge is -2.13. The molecule has 0 bridgehead atoms. The van der Waals surface area contributed by atoms with Crippen LogP contribution in [0.2, 0.25) is 0 Å². The number of nitrogens with zero attached hydrogens (tertiary/aromatic N) is 1. The van der Waals surface area contributed by atoms with Crippen LogP contribution in [0.3, 0.4) is 0 Å². The van der Waals surface area contributed by atoms with Crippen LogP contribution in [0, 0.1) is 6.92 Å². The molecule has 2 heteroatoms. The van der Waals surface area contributed by atoms with Gasteiger partial charge in [-0.25, -0.2) is 0 Å². The summed E-state index contributed by atoms with van der Waals surface area (Å²) in [6, 6.07) is 35.4. The first-order chi connectivity index (χ1) is 15.3. The molecule has 0 saturated heterocycles. The molecule has 31 heavy (non-hydrogen) atoms. The number of benzene rings is 5. The van der Waals surface area contributed by atoms with E-state index in [0.29, 0.717) is 6.61 Å². The number of hydrogen-bond donors (Lipinski definition) is 0. The Morgan fingerprint density at radius 2 is 1.35 bits per heavy atom. The molecule has 5 aromatic rings. The Kier molecular flexibility index (Phi) is 5.20. The van der Waals surface area contributed by atoms with Crippen molar-refractivity contribution in [1.82, 2.24) is 0 Å². The van der Waals surface area contributed by atoms with Gasteiger partial charge in [-0.3, -0.25) is 4.99 Å². The first-order valence-corrected chi connectivity index (χ1v) is 10.5. The molecule has 2 nitrogen and oxygen atoms in total. The number of para-hydroxylation sites is 1. The Morgan fingerprint density at radius 1 is 0.677 bits per heavy atom. The van der Waals surface area contributed by atoms with Gasteiger partial charge in [0, 0.05) is 11.8 Å². The molecule has 0 atom stereocenters. The Morgan fingerprint density at radius 3 is 2.19 bits per heavy atom. The number of fused-ring (bicyclic) bond motifs is 2. The van der Waals surface area contributed by atoms with Crippen LogP contribution in [0.4, 0.5) is 5.69 Å². The lowest BCUT2D eigenvalue weighted by atomic mass is 10.0. The first-order valence-electron chi connectivity index (χ1n) is 10.5. The van der Waals surface area contributed by atoms with E-state index in [9.17, 15) is 0 Å². The topological polar surface area (TPSA) is 21.6 Å². The maximum absolute atomic E-state index is 6.37. The van der Waals surface area contributed by atoms with Gasteiger partial charge in [-0.05, 0) is 51.7 Å². The van der Waals surface area contributed by atoms with Crippen LogP contribution < -0.4 is 4.74 Å². The lowest BCUT2D eigenvalue weighted by molar-refractivity contribution is 0.307. The molecule has 0 aliphatic carbocycles. The van der Waals surface area contributed by atoms with Gasteiger partial charge in [0.1, 0.15) is 12.4 Å². The molecular weight excluding hydrogens is 378 g/mol. The molecule has 0 aliphatic rings. The highest BCUT2D eigenvalue weighted by atomic mass is 16.5. The number of aryl methyl sites for hydroxylation is 1. The summed E-state index contributed by atoms with van der Waals surface area (Å²) in [6.45, 7) is 2.58. The zero-order valence-electron chi connectivity index (χ0n) is 17.5. The third kappa shape index (κ3) is 3.93. The summed E-state index contributed by atoms with van der Waals surface area (Å²) in [6.07, 6.45) is 1.93. The van der Waals surface area contributed by atoms with Gasteiger partial charge in [-0.1, -0.05) is 91.0 Å². The van der Waals surface area contributed by atoms with Gasteiger partial charge >= 0.3 is 0 Å². The fourth-order valence-corrected chi connectivity index (χ4v) is 3.95. The molecule has 0 saturated carbocycles. The molecule has 0 aromatic heterocycles. The quantitative estimate of drug-likeness (QED) is 0.277. The third-order valence-electron chi connectivity index (χ3n) is 5.64. The largest absolute Gasteiger partial charge is 0.488 e. The van der Waals surface area contributed by atoms with Gasteiger partial charge in [0.25, 0.3) is 0 Å². The van der Waals surface area contributed by atoms with Crippen molar-refractivity contribution in [3.05, 3.63) is 120 Å². The van der Waals surface area contributed by atoms with Crippen molar-refractivity contribution in [2.75, 3.05) is 0 Å². The normalized spacial score (nSPS) is 11.4. The maximum Gasteiger partial charge on any atom is 0.129 e. The van der Waals surface area contributed by atoms with Crippen LogP contribution in [0.1, 0.15) is 16.7 Å². The van der Waals surface area contributed by atoms with Gasteiger partial charge in [0.15, 0.2) is 0 Å². The van der Waals surface area contributed by atoms with Gasteiger partial charge < -0.3 is 4.74 Å². The van der Waals surface area contributed by atoms with E-state index in [1.54, 1.807) is 0 Å². The van der Waals surface area contributed by atoms with Crippen LogP contribution in [0.25, 0.3) is 21.5 Å². The van der Waals surface area contributed by atoms with E-state index in [4.69, 9.17) is 9.73 Å². The Bertz CT molecular complexity index is 1400. The second-order valence-electron chi connectivity index (χ2n) is 7.67. The van der Waals surface area contributed by atoms with E-state index in [1.165, 1.54) is 21.7 Å². The average Bonchev–Trinajstić information content (AvgIpc) is 2.82. The summed E-state index contributed by atoms with van der Waals surface area (Å²) in [5.74, 6) is 0.837. The predicted octanol–water partition coefficient (Wildman–Crippen LogP) is 7.63. The van der Waals surface area contributed by atoms with Crippen molar-refractivity contribution in [1.29, 1.82) is 0 Å². The van der Waals surface area contributed by atoms with Crippen molar-refractivity contribution in [2.24, 2.45) is 4.99 Å². The van der Waals surface area contributed by atoms with E-state index in [-0.39, 0.29) is 0 Å². The van der Waals surface area contributed by atoms with Crippen molar-refractivity contribution < 1.29 is 4.74 Å². The number of hydrogen-bond acceptors (Lipinski definition) is 2. The van der Waals surface area contributed by atoms with Crippen LogP contribution in [-0.2, 0) is 6.61 Å². The van der Waals surface area contributed by atoms with E-state index < -0.39 is 0 Å². The number of aliphatic imine (C=N–C) groups is 1. The first kappa shape index (κ1) is 19.1. The predicted molar refractivity (Wildman–Crippen MR) is 131 cm³/mol. The van der Waals surface area contributed by atoms with Crippen molar-refractivity contribution in [3.8, 4) is 5.75 Å². The Balaban J connectivity index is 1.54. The van der Waals surface area contributed by atoms with Crippen LogP contribution in [-0.4, -0.2) is 6.21 Å². The smallest absolute Gasteiger partial charge is 0.129 e. The molecule has 0 spiro atoms. The standard InChI is InChI=1S/C29H23NO/c1-21-9-2-7-16-28(21)30-19-27-26-15-6-4-11-23(26)17-18-29(27)31-20-24-13-8-12-22-10-3-5-14-25(22)24/h2-19H,20H2,1H3. The minimum atomic E-state index is 0.505. The van der Waals surface area contributed by atoms with E-state index in [0.717, 1.165) is 28.0 Å². The van der Waals surface area contributed by atoms with Gasteiger partial charge in [-0.15, -0.1) is 0 Å². The van der Waals surface area contributed by atoms with Crippen LogP contribution in [0.5, 0.6) is 5.75 Å². The number of rotatable bonds is 5. The molecule has 0 radical (unpaired) electrons. The second kappa shape index (κ2) is 8.45. The average molecular weight is 402 g/mol. The molecule has 0 N–H and O–H groups in total. The summed E-state index contributed by atoms with van der Waals surface area (Å²) in [5, 5.41) is 4.76. The fourth-order valence-electron chi connectivity index (χ4n) is 3.95. The minimum absolute atomic E-state index is 0.505. The van der Waals surface area contributed by atoms with Crippen molar-refractivity contribution in [3.63, 3.8) is 0 Å². The zero-order chi connectivity index (χ0) is 21.0. The fraction of sp³-hybridized carbons (Fsp3) is 0.0690. The van der Waals surface area contributed by atoms with E-state index in [2.05, 4.69) is 85.8 Å². The highest BCUT2D eigenvalue weighted by Crippen LogP contribution is 2.29. The maximum atomic E-state index is 6.37. The second-order valence-corrected chi connectivity index (χ2v) is 7.67. The van der Waals surface area contributed by atoms with Crippen LogP contribution in [0.15, 0.2) is 108 Å². The van der Waals surface area contributed by atoms with Gasteiger partial charge in [0.05, 0.1) is 5.69 Å². The molecule has 0 fully saturated rings. The molecule has 150 valence electrons. The third-order valence-corrected chi connectivity index (χ3v) is 5.64. The summed E-state index contributed by atoms with van der Waals surface area (Å²) in [7, 11) is 0. The summed E-state index contributed by atoms with van der Waals surface area (Å²) in [5.41, 5.74) is 4.29. The highest BCUT2D eigenvalue weighted by molar-refractivity contribution is 6.03. The van der Waals surface area contributed by atoms with Crippen molar-refractivity contribution in [2.45, 2.75) is 13.5 Å². The van der Waals surface area contributed by atoms with Gasteiger partial charge in [0.2, 0.25) is 0 Å². The summed E-state index contributed by atoms with van der Waals surface area (Å²) in [4.78, 5) is 4.79. The Labute approximate surface area is 182 Å². The molecule has 5 aromatic carbocycles. The number of ether oxygens (including phenoxy) is 1. The lowest BCUT2D eigenvalue weighted by Crippen LogP contribution is -2.00. The Hall–Kier alpha value is -3.91. The molecular formula is C29H23NO. The highest BCUT2D eigenvalue weighted by Gasteiger charge is 2.09.